The van der Waals surface area contributed by atoms with Gasteiger partial charge in [-0.3, -0.25) is 0 Å². The third-order valence-corrected chi connectivity index (χ3v) is 4.95. The molecule has 0 aliphatic heterocycles. The Labute approximate surface area is 164 Å². The molecule has 1 saturated carbocycles. The van der Waals surface area contributed by atoms with E-state index in [-0.39, 0.29) is 12.9 Å². The quantitative estimate of drug-likeness (QED) is 0.518. The van der Waals surface area contributed by atoms with Gasteiger partial charge < -0.3 is 18.7 Å². The maximum Gasteiger partial charge on any atom is 0.256 e. The van der Waals surface area contributed by atoms with Gasteiger partial charge >= 0.3 is 0 Å². The number of rotatable bonds is 7. The molecule has 7 nitrogen and oxygen atoms in total. The number of aromatic nitrogens is 3. The fraction of sp³-hybridized carbons (Fsp3) is 0.316. The van der Waals surface area contributed by atoms with Gasteiger partial charge in [-0.2, -0.15) is 0 Å². The van der Waals surface area contributed by atoms with Crippen molar-refractivity contribution >= 4 is 15.9 Å². The Balaban J connectivity index is 1.31. The number of methoxy groups -OCH3 is 1. The third-order valence-electron chi connectivity index (χ3n) is 4.42. The second-order valence-corrected chi connectivity index (χ2v) is 7.20. The van der Waals surface area contributed by atoms with Crippen molar-refractivity contribution in [3.05, 3.63) is 52.8 Å². The molecule has 1 aliphatic rings. The normalized spacial score (nSPS) is 18.7. The molecule has 0 N–H and O–H groups in total. The predicted octanol–water partition coefficient (Wildman–Crippen LogP) is 4.20. The minimum atomic E-state index is 0.104. The van der Waals surface area contributed by atoms with Crippen LogP contribution in [0.5, 0.6) is 11.8 Å². The van der Waals surface area contributed by atoms with Gasteiger partial charge in [-0.15, -0.1) is 0 Å². The molecule has 2 aromatic heterocycles. The van der Waals surface area contributed by atoms with Gasteiger partial charge in [-0.05, 0) is 41.6 Å². The van der Waals surface area contributed by atoms with E-state index in [0.29, 0.717) is 29.1 Å². The van der Waals surface area contributed by atoms with Crippen LogP contribution in [0.25, 0.3) is 11.5 Å². The first-order valence-corrected chi connectivity index (χ1v) is 9.33. The molecule has 3 aromatic rings. The summed E-state index contributed by atoms with van der Waals surface area (Å²) in [4.78, 5) is 8.64. The van der Waals surface area contributed by atoms with Gasteiger partial charge in [0, 0.05) is 11.6 Å². The van der Waals surface area contributed by atoms with Crippen LogP contribution >= 0.6 is 15.9 Å². The number of ether oxygens (including phenoxy) is 3. The van der Waals surface area contributed by atoms with Crippen LogP contribution in [0.2, 0.25) is 0 Å². The van der Waals surface area contributed by atoms with E-state index in [1.807, 2.05) is 0 Å². The molecule has 1 aliphatic carbocycles. The maximum absolute atomic E-state index is 5.90. The minimum Gasteiger partial charge on any atom is -0.473 e. The Morgan fingerprint density at radius 1 is 1.11 bits per heavy atom. The fourth-order valence-corrected chi connectivity index (χ4v) is 3.18. The highest BCUT2D eigenvalue weighted by Crippen LogP contribution is 2.39. The van der Waals surface area contributed by atoms with Crippen LogP contribution in [0.15, 0.2) is 51.7 Å². The zero-order valence-electron chi connectivity index (χ0n) is 14.7. The van der Waals surface area contributed by atoms with Crippen LogP contribution in [-0.2, 0) is 4.74 Å². The van der Waals surface area contributed by atoms with Gasteiger partial charge in [0.1, 0.15) is 11.8 Å². The van der Waals surface area contributed by atoms with Crippen molar-refractivity contribution in [3.63, 3.8) is 0 Å². The molecule has 4 rings (SSSR count). The number of halogens is 1. The van der Waals surface area contributed by atoms with E-state index in [1.54, 1.807) is 18.5 Å². The molecule has 0 atom stereocenters. The van der Waals surface area contributed by atoms with Gasteiger partial charge in [-0.25, -0.2) is 9.97 Å². The van der Waals surface area contributed by atoms with Crippen molar-refractivity contribution in [3.8, 4) is 23.2 Å². The van der Waals surface area contributed by atoms with Crippen molar-refractivity contribution in [1.29, 1.82) is 0 Å². The van der Waals surface area contributed by atoms with Crippen LogP contribution in [0.1, 0.15) is 24.3 Å². The van der Waals surface area contributed by atoms with Crippen molar-refractivity contribution in [2.75, 3.05) is 13.9 Å². The third kappa shape index (κ3) is 4.28. The average molecular weight is 432 g/mol. The van der Waals surface area contributed by atoms with E-state index >= 15 is 0 Å². The molecule has 140 valence electrons. The molecule has 0 saturated heterocycles. The topological polar surface area (TPSA) is 79.5 Å². The summed E-state index contributed by atoms with van der Waals surface area (Å²) < 4.78 is 22.2. The van der Waals surface area contributed by atoms with E-state index in [9.17, 15) is 0 Å². The Bertz CT molecular complexity index is 877. The Hall–Kier alpha value is -2.45. The SMILES string of the molecule is COCOc1cc(-c2cnc(O[C@H]3C[C@@H](c4ccc(Br)cc4)C3)cn2)on1. The molecule has 1 aromatic carbocycles. The maximum atomic E-state index is 5.90. The largest absolute Gasteiger partial charge is 0.473 e. The highest BCUT2D eigenvalue weighted by atomic mass is 79.9. The van der Waals surface area contributed by atoms with E-state index in [2.05, 4.69) is 55.3 Å². The standard InChI is InChI=1S/C19H18BrN3O4/c1-24-11-25-18-8-17(27-23-18)16-9-22-19(10-21-16)26-15-6-13(7-15)12-2-4-14(20)5-3-12/h2-5,8-10,13,15H,6-7,11H2,1H3/t13-,15+. The molecule has 27 heavy (non-hydrogen) atoms. The monoisotopic (exact) mass is 431 g/mol. The molecular weight excluding hydrogens is 414 g/mol. The zero-order valence-corrected chi connectivity index (χ0v) is 16.3. The first-order valence-electron chi connectivity index (χ1n) is 8.54. The molecular formula is C19H18BrN3O4. The van der Waals surface area contributed by atoms with E-state index < -0.39 is 0 Å². The van der Waals surface area contributed by atoms with E-state index in [0.717, 1.165) is 17.3 Å². The van der Waals surface area contributed by atoms with Crippen LogP contribution in [0.4, 0.5) is 0 Å². The summed E-state index contributed by atoms with van der Waals surface area (Å²) in [5.41, 5.74) is 1.90. The minimum absolute atomic E-state index is 0.104. The summed E-state index contributed by atoms with van der Waals surface area (Å²) in [6, 6.07) is 10.1. The summed E-state index contributed by atoms with van der Waals surface area (Å²) in [7, 11) is 1.54. The van der Waals surface area contributed by atoms with Crippen LogP contribution < -0.4 is 9.47 Å². The van der Waals surface area contributed by atoms with Gasteiger partial charge in [0.15, 0.2) is 12.6 Å². The summed E-state index contributed by atoms with van der Waals surface area (Å²) >= 11 is 3.46. The van der Waals surface area contributed by atoms with Gasteiger partial charge in [0.05, 0.1) is 18.5 Å². The lowest BCUT2D eigenvalue weighted by atomic mass is 9.77. The van der Waals surface area contributed by atoms with Gasteiger partial charge in [0.2, 0.25) is 5.88 Å². The van der Waals surface area contributed by atoms with E-state index in [1.165, 1.54) is 12.7 Å². The van der Waals surface area contributed by atoms with E-state index in [4.69, 9.17) is 18.7 Å². The lowest BCUT2D eigenvalue weighted by molar-refractivity contribution is 0.0453. The zero-order chi connectivity index (χ0) is 18.6. The molecule has 0 bridgehead atoms. The number of hydrogen-bond acceptors (Lipinski definition) is 7. The van der Waals surface area contributed by atoms with Crippen molar-refractivity contribution < 1.29 is 18.7 Å². The van der Waals surface area contributed by atoms with Crippen LogP contribution in [-0.4, -0.2) is 35.1 Å². The molecule has 0 spiro atoms. The summed E-state index contributed by atoms with van der Waals surface area (Å²) in [5.74, 6) is 1.85. The second kappa shape index (κ2) is 8.06. The fourth-order valence-electron chi connectivity index (χ4n) is 2.91. The number of hydrogen-bond donors (Lipinski definition) is 0. The first-order chi connectivity index (χ1) is 13.2. The predicted molar refractivity (Wildman–Crippen MR) is 101 cm³/mol. The molecule has 0 radical (unpaired) electrons. The lowest BCUT2D eigenvalue weighted by Crippen LogP contribution is -2.32. The van der Waals surface area contributed by atoms with Crippen LogP contribution in [0.3, 0.4) is 0 Å². The van der Waals surface area contributed by atoms with Crippen molar-refractivity contribution in [2.24, 2.45) is 0 Å². The lowest BCUT2D eigenvalue weighted by Gasteiger charge is -2.35. The molecule has 8 heteroatoms. The summed E-state index contributed by atoms with van der Waals surface area (Å²) in [6.45, 7) is 0.104. The summed E-state index contributed by atoms with van der Waals surface area (Å²) in [6.07, 6.45) is 5.32. The first kappa shape index (κ1) is 17.9. The number of benzene rings is 1. The summed E-state index contributed by atoms with van der Waals surface area (Å²) in [5, 5.41) is 3.79. The Kier molecular flexibility index (Phi) is 5.35. The highest BCUT2D eigenvalue weighted by Gasteiger charge is 2.32. The van der Waals surface area contributed by atoms with Crippen molar-refractivity contribution in [2.45, 2.75) is 24.9 Å². The Morgan fingerprint density at radius 3 is 2.63 bits per heavy atom. The number of nitrogens with zero attached hydrogens (tertiary/aromatic N) is 3. The van der Waals surface area contributed by atoms with Gasteiger partial charge in [0.25, 0.3) is 5.88 Å². The smallest absolute Gasteiger partial charge is 0.256 e. The van der Waals surface area contributed by atoms with Crippen LogP contribution in [0, 0.1) is 0 Å². The molecule has 1 fully saturated rings. The molecule has 2 heterocycles. The average Bonchev–Trinajstić information content (AvgIpc) is 3.13. The van der Waals surface area contributed by atoms with Gasteiger partial charge in [-0.1, -0.05) is 28.1 Å². The molecule has 0 unspecified atom stereocenters. The van der Waals surface area contributed by atoms with Crippen molar-refractivity contribution in [1.82, 2.24) is 15.1 Å². The highest BCUT2D eigenvalue weighted by molar-refractivity contribution is 9.10. The molecule has 0 amide bonds. The Morgan fingerprint density at radius 2 is 1.93 bits per heavy atom. The second-order valence-electron chi connectivity index (χ2n) is 6.28.